The molecule has 0 aliphatic carbocycles. The van der Waals surface area contributed by atoms with E-state index in [2.05, 4.69) is 16.3 Å². The van der Waals surface area contributed by atoms with Crippen molar-refractivity contribution >= 4 is 23.4 Å². The fraction of sp³-hybridized carbons (Fsp3) is 0.643. The molecule has 1 aromatic carbocycles. The number of rotatable bonds is 7. The average Bonchev–Trinajstić information content (AvgIpc) is 3.39. The standard InChI is InChI=1S/C28H38FN5O4/c1-18-15-38-16-19(2)33(18)11-10-24(35)32(5)23(13-27(3,4)29)25(36)34-17-28(12-20(34)14-30)21-8-6-7-9-22(21)31-26(28)37/h6-9,18-20,23H,10-13,15-17H2,1-5H3,(H,31,37)/t18-,19+,20?,23-,28-/m0/s1. The van der Waals surface area contributed by atoms with Gasteiger partial charge < -0.3 is 19.9 Å². The van der Waals surface area contributed by atoms with Gasteiger partial charge in [-0.3, -0.25) is 19.3 Å². The van der Waals surface area contributed by atoms with Crippen LogP contribution in [0.2, 0.25) is 0 Å². The summed E-state index contributed by atoms with van der Waals surface area (Å²) in [6.45, 7) is 8.52. The van der Waals surface area contributed by atoms with Gasteiger partial charge in [0.05, 0.1) is 24.7 Å². The van der Waals surface area contributed by atoms with Gasteiger partial charge in [-0.25, -0.2) is 4.39 Å². The van der Waals surface area contributed by atoms with Gasteiger partial charge in [0.25, 0.3) is 0 Å². The van der Waals surface area contributed by atoms with Crippen molar-refractivity contribution in [2.75, 3.05) is 38.7 Å². The van der Waals surface area contributed by atoms with Crippen molar-refractivity contribution in [3.8, 4) is 6.07 Å². The van der Waals surface area contributed by atoms with Crippen LogP contribution in [0.15, 0.2) is 24.3 Å². The molecule has 1 N–H and O–H groups in total. The van der Waals surface area contributed by atoms with E-state index in [4.69, 9.17) is 4.74 Å². The lowest BCUT2D eigenvalue weighted by atomic mass is 9.80. The zero-order chi connectivity index (χ0) is 27.8. The first-order valence-corrected chi connectivity index (χ1v) is 13.3. The molecule has 1 unspecified atom stereocenters. The van der Waals surface area contributed by atoms with E-state index in [1.807, 2.05) is 32.0 Å². The summed E-state index contributed by atoms with van der Waals surface area (Å²) in [6.07, 6.45) is 0.0975. The molecule has 206 valence electrons. The fourth-order valence-electron chi connectivity index (χ4n) is 6.08. The van der Waals surface area contributed by atoms with Crippen molar-refractivity contribution in [1.82, 2.24) is 14.7 Å². The molecule has 4 rings (SSSR count). The van der Waals surface area contributed by atoms with Crippen LogP contribution in [0.5, 0.6) is 0 Å². The predicted octanol–water partition coefficient (Wildman–Crippen LogP) is 2.47. The van der Waals surface area contributed by atoms with Gasteiger partial charge in [0.15, 0.2) is 0 Å². The zero-order valence-electron chi connectivity index (χ0n) is 22.9. The number of hydrogen-bond acceptors (Lipinski definition) is 6. The molecule has 1 spiro atoms. The first-order valence-electron chi connectivity index (χ1n) is 13.3. The number of morpholine rings is 1. The largest absolute Gasteiger partial charge is 0.378 e. The van der Waals surface area contributed by atoms with Crippen LogP contribution in [-0.4, -0.2) is 95.6 Å². The number of benzene rings is 1. The lowest BCUT2D eigenvalue weighted by Crippen LogP contribution is -2.54. The van der Waals surface area contributed by atoms with E-state index >= 15 is 0 Å². The summed E-state index contributed by atoms with van der Waals surface area (Å²) in [5, 5.41) is 12.8. The molecule has 10 heteroatoms. The van der Waals surface area contributed by atoms with Crippen molar-refractivity contribution in [3.63, 3.8) is 0 Å². The molecule has 0 saturated carbocycles. The molecule has 0 bridgehead atoms. The smallest absolute Gasteiger partial charge is 0.246 e. The maximum absolute atomic E-state index is 15.0. The second kappa shape index (κ2) is 10.6. The van der Waals surface area contributed by atoms with Gasteiger partial charge in [0, 0.05) is 57.2 Å². The van der Waals surface area contributed by atoms with Crippen LogP contribution in [-0.2, 0) is 24.5 Å². The van der Waals surface area contributed by atoms with Gasteiger partial charge in [0.1, 0.15) is 17.8 Å². The number of nitriles is 1. The summed E-state index contributed by atoms with van der Waals surface area (Å²) in [5.41, 5.74) is -1.36. The minimum Gasteiger partial charge on any atom is -0.378 e. The van der Waals surface area contributed by atoms with E-state index in [-0.39, 0.29) is 49.7 Å². The van der Waals surface area contributed by atoms with Crippen LogP contribution >= 0.6 is 0 Å². The minimum absolute atomic E-state index is 0.000951. The Kier molecular flexibility index (Phi) is 7.82. The van der Waals surface area contributed by atoms with Crippen LogP contribution in [0.3, 0.4) is 0 Å². The van der Waals surface area contributed by atoms with E-state index in [1.54, 1.807) is 6.07 Å². The minimum atomic E-state index is -1.74. The number of amides is 3. The van der Waals surface area contributed by atoms with Gasteiger partial charge in [0.2, 0.25) is 17.7 Å². The van der Waals surface area contributed by atoms with Gasteiger partial charge in [-0.1, -0.05) is 18.2 Å². The molecule has 3 aliphatic heterocycles. The van der Waals surface area contributed by atoms with Crippen LogP contribution in [0.1, 0.15) is 52.5 Å². The Labute approximate surface area is 223 Å². The third kappa shape index (κ3) is 5.27. The topological polar surface area (TPSA) is 106 Å². The molecule has 2 saturated heterocycles. The molecule has 2 fully saturated rings. The highest BCUT2D eigenvalue weighted by atomic mass is 19.1. The van der Waals surface area contributed by atoms with E-state index in [9.17, 15) is 24.0 Å². The summed E-state index contributed by atoms with van der Waals surface area (Å²) < 4.78 is 20.5. The summed E-state index contributed by atoms with van der Waals surface area (Å²) in [6, 6.07) is 7.79. The monoisotopic (exact) mass is 527 g/mol. The Morgan fingerprint density at radius 3 is 2.58 bits per heavy atom. The first kappa shape index (κ1) is 28.0. The van der Waals surface area contributed by atoms with E-state index in [0.29, 0.717) is 25.4 Å². The van der Waals surface area contributed by atoms with Gasteiger partial charge in [-0.2, -0.15) is 5.26 Å². The summed E-state index contributed by atoms with van der Waals surface area (Å²) >= 11 is 0. The lowest BCUT2D eigenvalue weighted by molar-refractivity contribution is -0.146. The van der Waals surface area contributed by atoms with Crippen molar-refractivity contribution in [3.05, 3.63) is 29.8 Å². The van der Waals surface area contributed by atoms with Gasteiger partial charge in [-0.15, -0.1) is 0 Å². The molecule has 0 aromatic heterocycles. The van der Waals surface area contributed by atoms with E-state index in [1.165, 1.54) is 30.7 Å². The number of halogens is 1. The van der Waals surface area contributed by atoms with Crippen LogP contribution in [0, 0.1) is 11.3 Å². The van der Waals surface area contributed by atoms with Crippen molar-refractivity contribution in [2.45, 2.75) is 82.2 Å². The number of carbonyl (C=O) groups is 3. The first-order chi connectivity index (χ1) is 17.9. The van der Waals surface area contributed by atoms with Gasteiger partial charge in [-0.05, 0) is 39.3 Å². The predicted molar refractivity (Wildman–Crippen MR) is 140 cm³/mol. The molecule has 1 aromatic rings. The summed E-state index contributed by atoms with van der Waals surface area (Å²) in [4.78, 5) is 45.3. The quantitative estimate of drug-likeness (QED) is 0.584. The average molecular weight is 528 g/mol. The van der Waals surface area contributed by atoms with E-state index in [0.717, 1.165) is 5.56 Å². The number of para-hydroxylation sites is 1. The second-order valence-corrected chi connectivity index (χ2v) is 11.6. The second-order valence-electron chi connectivity index (χ2n) is 11.6. The van der Waals surface area contributed by atoms with Gasteiger partial charge >= 0.3 is 0 Å². The maximum Gasteiger partial charge on any atom is 0.246 e. The van der Waals surface area contributed by atoms with Crippen molar-refractivity contribution in [2.24, 2.45) is 0 Å². The lowest BCUT2D eigenvalue weighted by Gasteiger charge is -2.39. The number of nitrogens with one attached hydrogen (secondary N) is 1. The van der Waals surface area contributed by atoms with Crippen molar-refractivity contribution in [1.29, 1.82) is 5.26 Å². The molecule has 3 amide bonds. The molecule has 5 atom stereocenters. The number of likely N-dealkylation sites (tertiary alicyclic amines) is 1. The highest BCUT2D eigenvalue weighted by Gasteiger charge is 2.57. The molecule has 0 radical (unpaired) electrons. The Morgan fingerprint density at radius 1 is 1.29 bits per heavy atom. The number of hydrogen-bond donors (Lipinski definition) is 1. The van der Waals surface area contributed by atoms with Crippen LogP contribution < -0.4 is 5.32 Å². The third-order valence-corrected chi connectivity index (χ3v) is 8.17. The number of ether oxygens (including phenoxy) is 1. The number of fused-ring (bicyclic) bond motifs is 2. The fourth-order valence-corrected chi connectivity index (χ4v) is 6.08. The Morgan fingerprint density at radius 2 is 1.95 bits per heavy atom. The van der Waals surface area contributed by atoms with Crippen molar-refractivity contribution < 1.29 is 23.5 Å². The summed E-state index contributed by atoms with van der Waals surface area (Å²) in [5.74, 6) is -1.04. The molecular weight excluding hydrogens is 489 g/mol. The third-order valence-electron chi connectivity index (χ3n) is 8.17. The number of nitrogens with zero attached hydrogens (tertiary/aromatic N) is 4. The SMILES string of the molecule is C[C@@H]1COC[C@H](C)N1CCC(=O)N(C)[C@@H](CC(C)(C)F)C(=O)N1C[C@]2(CC1C#N)C(=O)Nc1ccccc12. The molecule has 3 aliphatic rings. The summed E-state index contributed by atoms with van der Waals surface area (Å²) in [7, 11) is 1.52. The number of carbonyl (C=O) groups excluding carboxylic acids is 3. The number of anilines is 1. The van der Waals surface area contributed by atoms with E-state index < -0.39 is 29.1 Å². The molecule has 9 nitrogen and oxygen atoms in total. The normalized spacial score (nSPS) is 28.1. The number of likely N-dealkylation sites (N-methyl/N-ethyl adjacent to an activating group) is 1. The Hall–Kier alpha value is -3.03. The highest BCUT2D eigenvalue weighted by Crippen LogP contribution is 2.46. The Balaban J connectivity index is 1.55. The molecular formula is C28H38FN5O4. The Bertz CT molecular complexity index is 1120. The van der Waals surface area contributed by atoms with Crippen LogP contribution in [0.25, 0.3) is 0 Å². The maximum atomic E-state index is 15.0. The van der Waals surface area contributed by atoms with Crippen LogP contribution in [0.4, 0.5) is 10.1 Å². The zero-order valence-corrected chi connectivity index (χ0v) is 22.9. The highest BCUT2D eigenvalue weighted by molar-refractivity contribution is 6.07. The number of alkyl halides is 1. The molecule has 38 heavy (non-hydrogen) atoms. The molecule has 3 heterocycles.